The standard InChI is InChI=1S/C19H22N4O.C2HF3O2/c1-22-10-4-6-16(12-22)19-20-18-9-8-15(13-23(18)21-19)14-5-3-7-17(11-14)24-2;3-2(4,5)1(6)7/h3,5,7-9,11,13,16H,4,6,10,12H2,1-2H3;(H,6,7). The summed E-state index contributed by atoms with van der Waals surface area (Å²) < 4.78 is 39.0. The van der Waals surface area contributed by atoms with Gasteiger partial charge in [0.2, 0.25) is 0 Å². The summed E-state index contributed by atoms with van der Waals surface area (Å²) in [6.45, 7) is 2.21. The van der Waals surface area contributed by atoms with E-state index in [1.807, 2.05) is 35.0 Å². The van der Waals surface area contributed by atoms with Crippen molar-refractivity contribution in [3.63, 3.8) is 0 Å². The van der Waals surface area contributed by atoms with E-state index >= 15 is 0 Å². The van der Waals surface area contributed by atoms with Crippen LogP contribution < -0.4 is 4.74 Å². The molecule has 1 atom stereocenters. The van der Waals surface area contributed by atoms with Crippen molar-refractivity contribution in [2.75, 3.05) is 27.2 Å². The summed E-state index contributed by atoms with van der Waals surface area (Å²) in [6, 6.07) is 12.2. The highest BCUT2D eigenvalue weighted by atomic mass is 19.4. The third kappa shape index (κ3) is 5.72. The number of hydrogen-bond donors (Lipinski definition) is 1. The number of rotatable bonds is 3. The van der Waals surface area contributed by atoms with Gasteiger partial charge in [-0.15, -0.1) is 0 Å². The summed E-state index contributed by atoms with van der Waals surface area (Å²) in [5, 5.41) is 11.9. The molecule has 166 valence electrons. The third-order valence-corrected chi connectivity index (χ3v) is 4.98. The molecule has 1 saturated heterocycles. The molecule has 1 N–H and O–H groups in total. The molecule has 0 amide bonds. The second-order valence-electron chi connectivity index (χ2n) is 7.33. The molecule has 1 unspecified atom stereocenters. The minimum Gasteiger partial charge on any atom is -0.497 e. The molecule has 4 rings (SSSR count). The highest BCUT2D eigenvalue weighted by Gasteiger charge is 2.38. The predicted molar refractivity (Wildman–Crippen MR) is 108 cm³/mol. The van der Waals surface area contributed by atoms with Gasteiger partial charge in [-0.1, -0.05) is 12.1 Å². The minimum absolute atomic E-state index is 0.434. The number of hydrogen-bond acceptors (Lipinski definition) is 5. The number of carboxylic acids is 1. The van der Waals surface area contributed by atoms with Gasteiger partial charge in [0.05, 0.1) is 7.11 Å². The van der Waals surface area contributed by atoms with E-state index in [0.29, 0.717) is 5.92 Å². The Morgan fingerprint density at radius 2 is 1.97 bits per heavy atom. The molecule has 10 heteroatoms. The Morgan fingerprint density at radius 1 is 1.23 bits per heavy atom. The van der Waals surface area contributed by atoms with E-state index in [0.717, 1.165) is 34.9 Å². The van der Waals surface area contributed by atoms with Gasteiger partial charge in [0.15, 0.2) is 11.5 Å². The van der Waals surface area contributed by atoms with Crippen molar-refractivity contribution in [1.29, 1.82) is 0 Å². The van der Waals surface area contributed by atoms with Crippen molar-refractivity contribution in [2.24, 2.45) is 0 Å². The first-order valence-electron chi connectivity index (χ1n) is 9.67. The van der Waals surface area contributed by atoms with E-state index in [9.17, 15) is 13.2 Å². The third-order valence-electron chi connectivity index (χ3n) is 4.98. The number of alkyl halides is 3. The van der Waals surface area contributed by atoms with Crippen molar-refractivity contribution >= 4 is 11.6 Å². The Bertz CT molecular complexity index is 1050. The number of carboxylic acid groups (broad SMARTS) is 1. The van der Waals surface area contributed by atoms with Crippen LogP contribution in [0.4, 0.5) is 13.2 Å². The zero-order valence-electron chi connectivity index (χ0n) is 17.1. The van der Waals surface area contributed by atoms with E-state index in [4.69, 9.17) is 24.7 Å². The Morgan fingerprint density at radius 3 is 2.61 bits per heavy atom. The van der Waals surface area contributed by atoms with Crippen molar-refractivity contribution in [3.8, 4) is 16.9 Å². The molecule has 1 fully saturated rings. The van der Waals surface area contributed by atoms with Gasteiger partial charge >= 0.3 is 12.1 Å². The minimum atomic E-state index is -5.08. The molecular formula is C21H23F3N4O3. The summed E-state index contributed by atoms with van der Waals surface area (Å²) >= 11 is 0. The summed E-state index contributed by atoms with van der Waals surface area (Å²) in [7, 11) is 3.86. The average molecular weight is 436 g/mol. The Balaban J connectivity index is 0.000000339. The smallest absolute Gasteiger partial charge is 0.490 e. The molecule has 1 aliphatic heterocycles. The molecular weight excluding hydrogens is 413 g/mol. The molecule has 0 spiro atoms. The van der Waals surface area contributed by atoms with Crippen molar-refractivity contribution in [3.05, 3.63) is 48.4 Å². The van der Waals surface area contributed by atoms with Crippen LogP contribution in [0.25, 0.3) is 16.8 Å². The molecule has 0 radical (unpaired) electrons. The van der Waals surface area contributed by atoms with Gasteiger partial charge in [0, 0.05) is 24.2 Å². The maximum Gasteiger partial charge on any atom is 0.490 e. The summed E-state index contributed by atoms with van der Waals surface area (Å²) in [6.07, 6.45) is -0.650. The van der Waals surface area contributed by atoms with Crippen LogP contribution in [0, 0.1) is 0 Å². The molecule has 0 bridgehead atoms. The lowest BCUT2D eigenvalue weighted by Crippen LogP contribution is -2.31. The van der Waals surface area contributed by atoms with Crippen molar-refractivity contribution in [1.82, 2.24) is 19.5 Å². The second kappa shape index (κ2) is 9.34. The topological polar surface area (TPSA) is 80.0 Å². The molecule has 1 aliphatic rings. The van der Waals surface area contributed by atoms with Crippen molar-refractivity contribution in [2.45, 2.75) is 24.9 Å². The number of piperidine rings is 1. The normalized spacial score (nSPS) is 17.1. The number of nitrogens with zero attached hydrogens (tertiary/aromatic N) is 4. The Kier molecular flexibility index (Phi) is 6.79. The highest BCUT2D eigenvalue weighted by molar-refractivity contribution is 5.73. The van der Waals surface area contributed by atoms with E-state index in [2.05, 4.69) is 24.1 Å². The lowest BCUT2D eigenvalue weighted by Gasteiger charge is -2.27. The number of pyridine rings is 1. The Labute approximate surface area is 177 Å². The monoisotopic (exact) mass is 436 g/mol. The predicted octanol–water partition coefficient (Wildman–Crippen LogP) is 3.85. The summed E-state index contributed by atoms with van der Waals surface area (Å²) in [4.78, 5) is 16.0. The van der Waals surface area contributed by atoms with Gasteiger partial charge in [0.1, 0.15) is 5.75 Å². The number of methoxy groups -OCH3 is 1. The van der Waals surface area contributed by atoms with Crippen LogP contribution in [0.1, 0.15) is 24.6 Å². The lowest BCUT2D eigenvalue weighted by atomic mass is 9.98. The number of ether oxygens (including phenoxy) is 1. The fourth-order valence-corrected chi connectivity index (χ4v) is 3.42. The molecule has 0 saturated carbocycles. The lowest BCUT2D eigenvalue weighted by molar-refractivity contribution is -0.192. The maximum absolute atomic E-state index is 10.6. The average Bonchev–Trinajstić information content (AvgIpc) is 3.17. The molecule has 7 nitrogen and oxygen atoms in total. The second-order valence-corrected chi connectivity index (χ2v) is 7.33. The number of likely N-dealkylation sites (N-methyl/N-ethyl adjacent to an activating group) is 1. The number of likely N-dealkylation sites (tertiary alicyclic amines) is 1. The van der Waals surface area contributed by atoms with Gasteiger partial charge < -0.3 is 14.7 Å². The van der Waals surface area contributed by atoms with Gasteiger partial charge in [-0.2, -0.15) is 18.3 Å². The van der Waals surface area contributed by atoms with Gasteiger partial charge in [0.25, 0.3) is 0 Å². The van der Waals surface area contributed by atoms with E-state index in [-0.39, 0.29) is 0 Å². The molecule has 0 aliphatic carbocycles. The number of aromatic nitrogens is 3. The zero-order valence-corrected chi connectivity index (χ0v) is 17.1. The quantitative estimate of drug-likeness (QED) is 0.672. The fraction of sp³-hybridized carbons (Fsp3) is 0.381. The molecule has 2 aromatic heterocycles. The van der Waals surface area contributed by atoms with E-state index in [1.54, 1.807) is 7.11 Å². The van der Waals surface area contributed by atoms with Gasteiger partial charge in [-0.25, -0.2) is 14.3 Å². The van der Waals surface area contributed by atoms with Crippen LogP contribution in [0.15, 0.2) is 42.6 Å². The summed E-state index contributed by atoms with van der Waals surface area (Å²) in [5.74, 6) is -0.502. The van der Waals surface area contributed by atoms with Crippen LogP contribution in [-0.2, 0) is 4.79 Å². The van der Waals surface area contributed by atoms with Crippen LogP contribution in [0.2, 0.25) is 0 Å². The van der Waals surface area contributed by atoms with Gasteiger partial charge in [-0.05, 0) is 56.3 Å². The molecule has 1 aromatic carbocycles. The number of halogens is 3. The van der Waals surface area contributed by atoms with Crippen molar-refractivity contribution < 1.29 is 27.8 Å². The maximum atomic E-state index is 10.6. The molecule has 3 aromatic rings. The first kappa shape index (κ1) is 22.5. The molecule has 3 heterocycles. The van der Waals surface area contributed by atoms with Gasteiger partial charge in [-0.3, -0.25) is 0 Å². The van der Waals surface area contributed by atoms with Crippen LogP contribution in [-0.4, -0.2) is 64.0 Å². The Hall–Kier alpha value is -3.14. The molecule has 31 heavy (non-hydrogen) atoms. The summed E-state index contributed by atoms with van der Waals surface area (Å²) in [5.41, 5.74) is 3.13. The fourth-order valence-electron chi connectivity index (χ4n) is 3.42. The van der Waals surface area contributed by atoms with Crippen LogP contribution >= 0.6 is 0 Å². The van der Waals surface area contributed by atoms with Crippen LogP contribution in [0.5, 0.6) is 5.75 Å². The highest BCUT2D eigenvalue weighted by Crippen LogP contribution is 2.26. The zero-order chi connectivity index (χ0) is 22.6. The SMILES string of the molecule is COc1cccc(-c2ccc3nc(C4CCCN(C)C4)nn3c2)c1.O=C(O)C(F)(F)F. The first-order chi connectivity index (χ1) is 14.7. The largest absolute Gasteiger partial charge is 0.497 e. The number of benzene rings is 1. The van der Waals surface area contributed by atoms with Crippen LogP contribution in [0.3, 0.4) is 0 Å². The van der Waals surface area contributed by atoms with E-state index in [1.165, 1.54) is 19.4 Å². The number of aliphatic carboxylic acids is 1. The van der Waals surface area contributed by atoms with E-state index < -0.39 is 12.1 Å². The number of fused-ring (bicyclic) bond motifs is 1. The first-order valence-corrected chi connectivity index (χ1v) is 9.67. The number of carbonyl (C=O) groups is 1.